The number of nitrogens with zero attached hydrogens (tertiary/aromatic N) is 4. The summed E-state index contributed by atoms with van der Waals surface area (Å²) < 4.78 is 38.9. The van der Waals surface area contributed by atoms with E-state index in [9.17, 15) is 33.4 Å². The highest BCUT2D eigenvalue weighted by Crippen LogP contribution is 2.37. The fraction of sp³-hybridized carbons (Fsp3) is 0.0588. The summed E-state index contributed by atoms with van der Waals surface area (Å²) in [4.78, 5) is 28.3. The van der Waals surface area contributed by atoms with Crippen molar-refractivity contribution in [1.29, 1.82) is 0 Å². The second-order valence-electron chi connectivity index (χ2n) is 6.05. The number of nitrogens with one attached hydrogen (secondary N) is 3. The van der Waals surface area contributed by atoms with Crippen LogP contribution in [-0.4, -0.2) is 19.8 Å². The average Bonchev–Trinajstić information content (AvgIpc) is 2.73. The molecular weight excluding hydrogens is 459 g/mol. The maximum Gasteiger partial charge on any atom is 0.416 e. The number of hydrazine groups is 1. The van der Waals surface area contributed by atoms with Gasteiger partial charge < -0.3 is 5.32 Å². The number of nitro benzene ring substituents is 1. The molecule has 0 saturated heterocycles. The minimum atomic E-state index is -4.65. The van der Waals surface area contributed by atoms with Gasteiger partial charge in [-0.2, -0.15) is 13.2 Å². The van der Waals surface area contributed by atoms with E-state index in [0.29, 0.717) is 11.8 Å². The normalized spacial score (nSPS) is 11.0. The van der Waals surface area contributed by atoms with Crippen LogP contribution < -0.4 is 16.2 Å². The molecule has 166 valence electrons. The van der Waals surface area contributed by atoms with Crippen LogP contribution in [0, 0.1) is 20.2 Å². The van der Waals surface area contributed by atoms with Gasteiger partial charge in [0.2, 0.25) is 11.6 Å². The van der Waals surface area contributed by atoms with Crippen LogP contribution in [0.15, 0.2) is 48.8 Å². The first-order chi connectivity index (χ1) is 15.1. The first-order valence-electron chi connectivity index (χ1n) is 8.46. The Morgan fingerprint density at radius 2 is 1.56 bits per heavy atom. The molecule has 3 rings (SSSR count). The number of aromatic nitrogens is 2. The molecule has 32 heavy (non-hydrogen) atoms. The molecule has 0 spiro atoms. The van der Waals surface area contributed by atoms with E-state index in [1.54, 1.807) is 0 Å². The van der Waals surface area contributed by atoms with Crippen molar-refractivity contribution in [3.05, 3.63) is 79.6 Å². The van der Waals surface area contributed by atoms with E-state index >= 15 is 0 Å². The van der Waals surface area contributed by atoms with Gasteiger partial charge in [0.25, 0.3) is 5.69 Å². The Morgan fingerprint density at radius 3 is 2.16 bits per heavy atom. The zero-order chi connectivity index (χ0) is 23.5. The molecule has 0 aliphatic heterocycles. The van der Waals surface area contributed by atoms with Crippen LogP contribution in [0.25, 0.3) is 0 Å². The second kappa shape index (κ2) is 8.89. The Labute approximate surface area is 181 Å². The number of benzene rings is 2. The van der Waals surface area contributed by atoms with Gasteiger partial charge in [-0.15, -0.1) is 0 Å². The lowest BCUT2D eigenvalue weighted by Gasteiger charge is -2.13. The van der Waals surface area contributed by atoms with E-state index < -0.39 is 33.1 Å². The number of halogens is 4. The summed E-state index contributed by atoms with van der Waals surface area (Å²) in [6, 6.07) is 7.57. The number of hydrogen-bond acceptors (Lipinski definition) is 9. The van der Waals surface area contributed by atoms with E-state index in [4.69, 9.17) is 11.6 Å². The lowest BCUT2D eigenvalue weighted by molar-refractivity contribution is -0.384. The maximum absolute atomic E-state index is 13.0. The molecule has 0 aliphatic carbocycles. The zero-order valence-electron chi connectivity index (χ0n) is 15.6. The smallest absolute Gasteiger partial charge is 0.333 e. The Balaban J connectivity index is 1.88. The molecule has 0 atom stereocenters. The first-order valence-corrected chi connectivity index (χ1v) is 8.83. The summed E-state index contributed by atoms with van der Waals surface area (Å²) in [6.45, 7) is 0. The summed E-state index contributed by atoms with van der Waals surface area (Å²) in [5.41, 5.74) is 3.26. The third kappa shape index (κ3) is 5.10. The Hall–Kier alpha value is -4.20. The van der Waals surface area contributed by atoms with Crippen LogP contribution in [0.4, 0.5) is 47.6 Å². The number of non-ortho nitro benzene ring substituents is 1. The molecule has 3 N–H and O–H groups in total. The molecule has 3 aromatic rings. The highest BCUT2D eigenvalue weighted by Gasteiger charge is 2.31. The molecule has 2 aromatic carbocycles. The van der Waals surface area contributed by atoms with Crippen molar-refractivity contribution >= 4 is 46.0 Å². The third-order valence-electron chi connectivity index (χ3n) is 3.95. The summed E-state index contributed by atoms with van der Waals surface area (Å²) in [7, 11) is 0. The highest BCUT2D eigenvalue weighted by molar-refractivity contribution is 6.33. The van der Waals surface area contributed by atoms with Crippen molar-refractivity contribution in [3.8, 4) is 0 Å². The van der Waals surface area contributed by atoms with Crippen LogP contribution in [0.3, 0.4) is 0 Å². The maximum atomic E-state index is 13.0. The van der Waals surface area contributed by atoms with Gasteiger partial charge in [0.1, 0.15) is 6.33 Å². The third-order valence-corrected chi connectivity index (χ3v) is 4.28. The molecule has 11 nitrogen and oxygen atoms in total. The summed E-state index contributed by atoms with van der Waals surface area (Å²) in [5.74, 6) is -0.742. The predicted molar refractivity (Wildman–Crippen MR) is 109 cm³/mol. The SMILES string of the molecule is O=[N+]([O-])c1ccc(NNc2ncnc(Nc3cc(C(F)(F)F)ccc3Cl)c2[N+](=O)[O-])cc1. The van der Waals surface area contributed by atoms with E-state index in [-0.39, 0.29) is 22.2 Å². The highest BCUT2D eigenvalue weighted by atomic mass is 35.5. The van der Waals surface area contributed by atoms with E-state index in [1.165, 1.54) is 24.3 Å². The molecule has 15 heteroatoms. The number of alkyl halides is 3. The Bertz CT molecular complexity index is 1180. The van der Waals surface area contributed by atoms with Crippen molar-refractivity contribution in [3.63, 3.8) is 0 Å². The van der Waals surface area contributed by atoms with Gasteiger partial charge in [-0.3, -0.25) is 31.1 Å². The minimum Gasteiger partial charge on any atom is -0.333 e. The number of nitro groups is 2. The topological polar surface area (TPSA) is 148 Å². The molecule has 0 amide bonds. The van der Waals surface area contributed by atoms with Gasteiger partial charge in [0.15, 0.2) is 0 Å². The van der Waals surface area contributed by atoms with Gasteiger partial charge in [-0.05, 0) is 30.3 Å². The van der Waals surface area contributed by atoms with Crippen LogP contribution in [0.2, 0.25) is 5.02 Å². The van der Waals surface area contributed by atoms with Crippen molar-refractivity contribution < 1.29 is 23.0 Å². The van der Waals surface area contributed by atoms with Gasteiger partial charge in [0.05, 0.1) is 31.8 Å². The Kier molecular flexibility index (Phi) is 6.25. The molecule has 1 aromatic heterocycles. The van der Waals surface area contributed by atoms with Crippen LogP contribution in [-0.2, 0) is 6.18 Å². The van der Waals surface area contributed by atoms with Crippen molar-refractivity contribution in [2.45, 2.75) is 6.18 Å². The Morgan fingerprint density at radius 1 is 0.906 bits per heavy atom. The fourth-order valence-corrected chi connectivity index (χ4v) is 2.62. The number of hydrogen-bond donors (Lipinski definition) is 3. The molecule has 0 aliphatic rings. The first kappa shape index (κ1) is 22.5. The predicted octanol–water partition coefficient (Wildman–Crippen LogP) is 5.15. The quantitative estimate of drug-likeness (QED) is 0.315. The lowest BCUT2D eigenvalue weighted by Crippen LogP contribution is -2.13. The molecule has 0 fully saturated rings. The van der Waals surface area contributed by atoms with Gasteiger partial charge >= 0.3 is 11.9 Å². The zero-order valence-corrected chi connectivity index (χ0v) is 16.3. The molecule has 0 bridgehead atoms. The number of anilines is 4. The van der Waals surface area contributed by atoms with E-state index in [2.05, 4.69) is 26.1 Å². The largest absolute Gasteiger partial charge is 0.416 e. The van der Waals surface area contributed by atoms with Crippen LogP contribution in [0.1, 0.15) is 5.56 Å². The van der Waals surface area contributed by atoms with Crippen LogP contribution in [0.5, 0.6) is 0 Å². The molecular formula is C17H11ClF3N7O4. The van der Waals surface area contributed by atoms with Gasteiger partial charge in [-0.25, -0.2) is 9.97 Å². The molecule has 0 radical (unpaired) electrons. The monoisotopic (exact) mass is 469 g/mol. The van der Waals surface area contributed by atoms with Crippen molar-refractivity contribution in [2.75, 3.05) is 16.2 Å². The summed E-state index contributed by atoms with van der Waals surface area (Å²) in [5, 5.41) is 24.6. The summed E-state index contributed by atoms with van der Waals surface area (Å²) >= 11 is 5.93. The average molecular weight is 470 g/mol. The lowest BCUT2D eigenvalue weighted by atomic mass is 10.2. The number of rotatable bonds is 7. The van der Waals surface area contributed by atoms with Crippen molar-refractivity contribution in [1.82, 2.24) is 9.97 Å². The standard InChI is InChI=1S/C17H11ClF3N7O4/c18-12-6-1-9(17(19,20)21)7-13(12)24-15-14(28(31)32)16(23-8-22-15)26-25-10-2-4-11(5-3-10)27(29)30/h1-8,25H,(H2,22,23,24,26). The molecule has 1 heterocycles. The molecule has 0 unspecified atom stereocenters. The van der Waals surface area contributed by atoms with Crippen molar-refractivity contribution in [2.24, 2.45) is 0 Å². The fourth-order valence-electron chi connectivity index (χ4n) is 2.46. The van der Waals surface area contributed by atoms with Gasteiger partial charge in [-0.1, -0.05) is 11.6 Å². The summed E-state index contributed by atoms with van der Waals surface area (Å²) in [6.07, 6.45) is -3.71. The minimum absolute atomic E-state index is 0.121. The second-order valence-corrected chi connectivity index (χ2v) is 6.46. The van der Waals surface area contributed by atoms with Crippen LogP contribution >= 0.6 is 11.6 Å². The molecule has 0 saturated carbocycles. The van der Waals surface area contributed by atoms with E-state index in [1.807, 2.05) is 0 Å². The van der Waals surface area contributed by atoms with Gasteiger partial charge in [0, 0.05) is 12.1 Å². The van der Waals surface area contributed by atoms with E-state index in [0.717, 1.165) is 18.5 Å².